The van der Waals surface area contributed by atoms with Gasteiger partial charge in [-0.1, -0.05) is 36.4 Å². The molecular formula is C26H32N2O2. The number of hydrogen-bond acceptors (Lipinski definition) is 3. The van der Waals surface area contributed by atoms with Crippen LogP contribution in [0.25, 0.3) is 10.9 Å². The van der Waals surface area contributed by atoms with Crippen LogP contribution < -0.4 is 4.74 Å². The fourth-order valence-electron chi connectivity index (χ4n) is 5.22. The first-order valence-corrected chi connectivity index (χ1v) is 11.3. The normalized spacial score (nSPS) is 21.3. The molecule has 1 saturated heterocycles. The number of nitrogens with one attached hydrogen (secondary N) is 1. The summed E-state index contributed by atoms with van der Waals surface area (Å²) < 4.78 is 12.8. The van der Waals surface area contributed by atoms with Crippen molar-refractivity contribution in [1.82, 2.24) is 9.88 Å². The highest BCUT2D eigenvalue weighted by atomic mass is 16.6. The molecule has 0 saturated carbocycles. The predicted octanol–water partition coefficient (Wildman–Crippen LogP) is 5.24. The summed E-state index contributed by atoms with van der Waals surface area (Å²) in [5, 5.41) is 1.38. The number of piperidine rings is 1. The summed E-state index contributed by atoms with van der Waals surface area (Å²) in [7, 11) is 0. The van der Waals surface area contributed by atoms with Gasteiger partial charge in [0, 0.05) is 35.2 Å². The minimum absolute atomic E-state index is 0.0807. The molecule has 1 unspecified atom stereocenters. The lowest BCUT2D eigenvalue weighted by atomic mass is 9.86. The largest absolute Gasteiger partial charge is 0.487 e. The van der Waals surface area contributed by atoms with Crippen LogP contribution in [-0.4, -0.2) is 41.2 Å². The number of para-hydroxylation sites is 2. The number of likely N-dealkylation sites (tertiary alicyclic amines) is 1. The summed E-state index contributed by atoms with van der Waals surface area (Å²) in [5.41, 5.74) is 5.04. The van der Waals surface area contributed by atoms with E-state index in [1.807, 2.05) is 6.07 Å². The number of nitrogens with zero attached hydrogens (tertiary/aromatic N) is 1. The molecule has 4 nitrogen and oxygen atoms in total. The van der Waals surface area contributed by atoms with Crippen LogP contribution in [0.2, 0.25) is 0 Å². The Balaban J connectivity index is 1.17. The van der Waals surface area contributed by atoms with Crippen LogP contribution in [-0.2, 0) is 17.8 Å². The van der Waals surface area contributed by atoms with Crippen molar-refractivity contribution >= 4 is 10.9 Å². The van der Waals surface area contributed by atoms with Crippen molar-refractivity contribution in [3.05, 3.63) is 65.4 Å². The van der Waals surface area contributed by atoms with Crippen molar-refractivity contribution in [2.45, 2.75) is 57.8 Å². The number of hydrogen-bond donors (Lipinski definition) is 1. The predicted molar refractivity (Wildman–Crippen MR) is 121 cm³/mol. The highest BCUT2D eigenvalue weighted by Crippen LogP contribution is 2.37. The van der Waals surface area contributed by atoms with Gasteiger partial charge in [0.1, 0.15) is 17.5 Å². The molecule has 0 amide bonds. The van der Waals surface area contributed by atoms with E-state index in [1.165, 1.54) is 28.6 Å². The van der Waals surface area contributed by atoms with Crippen molar-refractivity contribution in [1.29, 1.82) is 0 Å². The number of aryl methyl sites for hydroxylation is 2. The second kappa shape index (κ2) is 8.09. The first-order chi connectivity index (χ1) is 14.6. The Morgan fingerprint density at radius 1 is 1.07 bits per heavy atom. The summed E-state index contributed by atoms with van der Waals surface area (Å²) in [5.74, 6) is 0.985. The maximum atomic E-state index is 6.49. The smallest absolute Gasteiger partial charge is 0.125 e. The molecule has 1 atom stereocenters. The summed E-state index contributed by atoms with van der Waals surface area (Å²) in [4.78, 5) is 6.13. The Kier molecular flexibility index (Phi) is 5.30. The third-order valence-electron chi connectivity index (χ3n) is 7.16. The number of ether oxygens (including phenoxy) is 2. The molecule has 1 spiro atoms. The Morgan fingerprint density at radius 2 is 1.83 bits per heavy atom. The zero-order valence-electron chi connectivity index (χ0n) is 18.1. The third-order valence-corrected chi connectivity index (χ3v) is 7.16. The van der Waals surface area contributed by atoms with Gasteiger partial charge >= 0.3 is 0 Å². The molecule has 2 aliphatic heterocycles. The van der Waals surface area contributed by atoms with Crippen molar-refractivity contribution in [2.24, 2.45) is 0 Å². The molecule has 1 fully saturated rings. The van der Waals surface area contributed by atoms with Crippen LogP contribution in [0.15, 0.2) is 48.5 Å². The van der Waals surface area contributed by atoms with Crippen molar-refractivity contribution in [3.63, 3.8) is 0 Å². The van der Waals surface area contributed by atoms with Gasteiger partial charge < -0.3 is 19.4 Å². The molecule has 0 radical (unpaired) electrons. The van der Waals surface area contributed by atoms with E-state index in [9.17, 15) is 0 Å². The first kappa shape index (κ1) is 19.7. The summed E-state index contributed by atoms with van der Waals surface area (Å²) in [6.45, 7) is 8.33. The van der Waals surface area contributed by atoms with Crippen LogP contribution in [0.1, 0.15) is 43.0 Å². The fourth-order valence-corrected chi connectivity index (χ4v) is 5.22. The van der Waals surface area contributed by atoms with Gasteiger partial charge in [0.05, 0.1) is 6.61 Å². The quantitative estimate of drug-likeness (QED) is 0.646. The Morgan fingerprint density at radius 3 is 2.70 bits per heavy atom. The van der Waals surface area contributed by atoms with E-state index in [2.05, 4.69) is 66.2 Å². The molecule has 4 heteroatoms. The lowest BCUT2D eigenvalue weighted by Gasteiger charge is -2.43. The number of benzene rings is 2. The average molecular weight is 405 g/mol. The molecule has 1 aromatic heterocycles. The molecule has 3 heterocycles. The summed E-state index contributed by atoms with van der Waals surface area (Å²) in [6.07, 6.45) is 4.47. The zero-order valence-corrected chi connectivity index (χ0v) is 18.1. The summed E-state index contributed by atoms with van der Waals surface area (Å²) in [6, 6.07) is 16.9. The molecule has 30 heavy (non-hydrogen) atoms. The van der Waals surface area contributed by atoms with Crippen LogP contribution in [0.5, 0.6) is 5.75 Å². The summed E-state index contributed by atoms with van der Waals surface area (Å²) >= 11 is 0. The molecular weight excluding hydrogens is 372 g/mol. The van der Waals surface area contributed by atoms with E-state index >= 15 is 0 Å². The first-order valence-electron chi connectivity index (χ1n) is 11.3. The molecule has 2 aliphatic rings. The SMILES string of the molecule is Cc1[nH]c2ccccc2c1CCCN1CCC2(CC1)OCc1ccccc1OC2C. The van der Waals surface area contributed by atoms with Gasteiger partial charge in [0.15, 0.2) is 0 Å². The van der Waals surface area contributed by atoms with Crippen LogP contribution in [0, 0.1) is 6.92 Å². The number of rotatable bonds is 4. The monoisotopic (exact) mass is 404 g/mol. The molecule has 5 rings (SSSR count). The maximum absolute atomic E-state index is 6.49. The molecule has 158 valence electrons. The van der Waals surface area contributed by atoms with Crippen molar-refractivity contribution < 1.29 is 9.47 Å². The van der Waals surface area contributed by atoms with E-state index in [0.29, 0.717) is 6.61 Å². The van der Waals surface area contributed by atoms with Gasteiger partial charge in [-0.25, -0.2) is 0 Å². The molecule has 3 aromatic rings. The lowest BCUT2D eigenvalue weighted by Crippen LogP contribution is -2.53. The number of aromatic nitrogens is 1. The third kappa shape index (κ3) is 3.63. The van der Waals surface area contributed by atoms with Gasteiger partial charge in [-0.05, 0) is 63.8 Å². The van der Waals surface area contributed by atoms with Gasteiger partial charge in [0.2, 0.25) is 0 Å². The fraction of sp³-hybridized carbons (Fsp3) is 0.462. The minimum atomic E-state index is -0.164. The second-order valence-corrected chi connectivity index (χ2v) is 8.94. The molecule has 0 aliphatic carbocycles. The van der Waals surface area contributed by atoms with Crippen LogP contribution in [0.3, 0.4) is 0 Å². The van der Waals surface area contributed by atoms with E-state index in [1.54, 1.807) is 0 Å². The van der Waals surface area contributed by atoms with Crippen LogP contribution >= 0.6 is 0 Å². The van der Waals surface area contributed by atoms with Gasteiger partial charge in [-0.2, -0.15) is 0 Å². The van der Waals surface area contributed by atoms with E-state index in [0.717, 1.165) is 50.2 Å². The van der Waals surface area contributed by atoms with E-state index in [-0.39, 0.29) is 11.7 Å². The van der Waals surface area contributed by atoms with Crippen molar-refractivity contribution in [2.75, 3.05) is 19.6 Å². The van der Waals surface area contributed by atoms with Gasteiger partial charge in [-0.3, -0.25) is 0 Å². The standard InChI is InChI=1S/C26H32N2O2/c1-19-22(23-9-4-5-11-24(23)27-19)10-7-15-28-16-13-26(14-17-28)20(2)30-25-12-6-3-8-21(25)18-29-26/h3-6,8-9,11-12,20,27H,7,10,13-18H2,1-2H3. The molecule has 2 aromatic carbocycles. The van der Waals surface area contributed by atoms with E-state index < -0.39 is 0 Å². The Hall–Kier alpha value is -2.30. The highest BCUT2D eigenvalue weighted by molar-refractivity contribution is 5.84. The highest BCUT2D eigenvalue weighted by Gasteiger charge is 2.43. The number of aromatic amines is 1. The number of H-pyrrole nitrogens is 1. The van der Waals surface area contributed by atoms with Gasteiger partial charge in [0.25, 0.3) is 0 Å². The zero-order chi connectivity index (χ0) is 20.6. The minimum Gasteiger partial charge on any atom is -0.487 e. The van der Waals surface area contributed by atoms with E-state index in [4.69, 9.17) is 9.47 Å². The molecule has 0 bridgehead atoms. The second-order valence-electron chi connectivity index (χ2n) is 8.94. The lowest BCUT2D eigenvalue weighted by molar-refractivity contribution is -0.136. The number of fused-ring (bicyclic) bond motifs is 2. The Labute approximate surface area is 179 Å². The van der Waals surface area contributed by atoms with Crippen molar-refractivity contribution in [3.8, 4) is 5.75 Å². The van der Waals surface area contributed by atoms with Gasteiger partial charge in [-0.15, -0.1) is 0 Å². The van der Waals surface area contributed by atoms with Crippen LogP contribution in [0.4, 0.5) is 0 Å². The Bertz CT molecular complexity index is 1020. The maximum Gasteiger partial charge on any atom is 0.125 e. The topological polar surface area (TPSA) is 37.5 Å². The average Bonchev–Trinajstić information content (AvgIpc) is 3.02. The molecule has 1 N–H and O–H groups in total.